The summed E-state index contributed by atoms with van der Waals surface area (Å²) in [7, 11) is 1.54. The molecule has 0 radical (unpaired) electrons. The van der Waals surface area contributed by atoms with Gasteiger partial charge in [-0.2, -0.15) is 0 Å². The fourth-order valence-electron chi connectivity index (χ4n) is 1.94. The maximum absolute atomic E-state index is 12.4. The second kappa shape index (κ2) is 6.95. The number of hydrogen-bond acceptors (Lipinski definition) is 5. The van der Waals surface area contributed by atoms with Gasteiger partial charge < -0.3 is 23.6 Å². The third-order valence-corrected chi connectivity index (χ3v) is 3.02. The van der Waals surface area contributed by atoms with Crippen LogP contribution in [0.2, 0.25) is 0 Å². The number of methoxy groups -OCH3 is 1. The second-order valence-electron chi connectivity index (χ2n) is 4.70. The Hall–Kier alpha value is -2.54. The minimum absolute atomic E-state index is 0.0308. The number of aromatic carboxylic acids is 1. The molecule has 2 heterocycles. The van der Waals surface area contributed by atoms with Crippen molar-refractivity contribution in [3.8, 4) is 0 Å². The first-order valence-electron chi connectivity index (χ1n) is 6.68. The Labute approximate surface area is 127 Å². The van der Waals surface area contributed by atoms with E-state index in [9.17, 15) is 9.59 Å². The Kier molecular flexibility index (Phi) is 5.00. The van der Waals surface area contributed by atoms with Crippen molar-refractivity contribution in [2.24, 2.45) is 0 Å². The number of amides is 1. The van der Waals surface area contributed by atoms with Gasteiger partial charge in [0.25, 0.3) is 5.91 Å². The van der Waals surface area contributed by atoms with E-state index >= 15 is 0 Å². The molecule has 0 aromatic carbocycles. The summed E-state index contributed by atoms with van der Waals surface area (Å²) in [6, 6.07) is 6.19. The molecule has 1 N–H and O–H groups in total. The molecule has 2 aromatic heterocycles. The molecule has 0 spiro atoms. The molecular weight excluding hydrogens is 290 g/mol. The molecule has 0 bridgehead atoms. The molecule has 0 aliphatic carbocycles. The van der Waals surface area contributed by atoms with E-state index in [1.165, 1.54) is 24.1 Å². The van der Waals surface area contributed by atoms with Crippen LogP contribution in [-0.2, 0) is 11.3 Å². The predicted molar refractivity (Wildman–Crippen MR) is 75.7 cm³/mol. The van der Waals surface area contributed by atoms with Crippen LogP contribution >= 0.6 is 0 Å². The molecular formula is C15H17NO6. The summed E-state index contributed by atoms with van der Waals surface area (Å²) in [6.07, 6.45) is 0. The molecule has 7 heteroatoms. The Morgan fingerprint density at radius 1 is 1.18 bits per heavy atom. The van der Waals surface area contributed by atoms with Crippen LogP contribution in [0, 0.1) is 6.92 Å². The van der Waals surface area contributed by atoms with Crippen LogP contribution in [0.25, 0.3) is 0 Å². The molecule has 0 aliphatic heterocycles. The van der Waals surface area contributed by atoms with Gasteiger partial charge in [0.05, 0.1) is 13.2 Å². The number of carbonyl (C=O) groups excluding carboxylic acids is 1. The minimum Gasteiger partial charge on any atom is -0.475 e. The van der Waals surface area contributed by atoms with E-state index in [-0.39, 0.29) is 18.1 Å². The Bertz CT molecular complexity index is 657. The maximum Gasteiger partial charge on any atom is 0.371 e. The molecule has 0 atom stereocenters. The van der Waals surface area contributed by atoms with Crippen LogP contribution in [0.3, 0.4) is 0 Å². The number of carboxylic acid groups (broad SMARTS) is 1. The number of ether oxygens (including phenoxy) is 1. The first-order chi connectivity index (χ1) is 10.5. The lowest BCUT2D eigenvalue weighted by atomic mass is 10.3. The van der Waals surface area contributed by atoms with Gasteiger partial charge in [0, 0.05) is 13.7 Å². The summed E-state index contributed by atoms with van der Waals surface area (Å²) in [5.41, 5.74) is 0. The zero-order valence-electron chi connectivity index (χ0n) is 12.4. The minimum atomic E-state index is -1.22. The lowest BCUT2D eigenvalue weighted by molar-refractivity contribution is 0.0614. The third kappa shape index (κ3) is 3.76. The normalized spacial score (nSPS) is 10.6. The van der Waals surface area contributed by atoms with Gasteiger partial charge in [-0.15, -0.1) is 0 Å². The summed E-state index contributed by atoms with van der Waals surface area (Å²) in [5, 5.41) is 8.84. The van der Waals surface area contributed by atoms with Gasteiger partial charge >= 0.3 is 5.97 Å². The number of aryl methyl sites for hydroxylation is 1. The first-order valence-corrected chi connectivity index (χ1v) is 6.68. The highest BCUT2D eigenvalue weighted by atomic mass is 16.5. The molecule has 2 rings (SSSR count). The molecule has 0 unspecified atom stereocenters. The van der Waals surface area contributed by atoms with Crippen molar-refractivity contribution in [3.63, 3.8) is 0 Å². The standard InChI is InChI=1S/C15H17NO6/c1-10-3-4-11(21-10)9-16(7-8-20-2)14(17)12-5-6-13(22-12)15(18)19/h3-6H,7-9H2,1-2H3,(H,18,19). The van der Waals surface area contributed by atoms with E-state index in [1.807, 2.05) is 13.0 Å². The number of carboxylic acids is 1. The largest absolute Gasteiger partial charge is 0.475 e. The van der Waals surface area contributed by atoms with Gasteiger partial charge in [0.2, 0.25) is 5.76 Å². The number of carbonyl (C=O) groups is 2. The second-order valence-corrected chi connectivity index (χ2v) is 4.70. The van der Waals surface area contributed by atoms with Crippen molar-refractivity contribution in [1.82, 2.24) is 4.90 Å². The zero-order valence-corrected chi connectivity index (χ0v) is 12.4. The third-order valence-electron chi connectivity index (χ3n) is 3.02. The monoisotopic (exact) mass is 307 g/mol. The van der Waals surface area contributed by atoms with Crippen molar-refractivity contribution in [2.45, 2.75) is 13.5 Å². The summed E-state index contributed by atoms with van der Waals surface area (Å²) in [6.45, 7) is 2.74. The molecule has 0 saturated heterocycles. The van der Waals surface area contributed by atoms with Crippen LogP contribution < -0.4 is 0 Å². The van der Waals surface area contributed by atoms with Crippen molar-refractivity contribution >= 4 is 11.9 Å². The summed E-state index contributed by atoms with van der Waals surface area (Å²) in [4.78, 5) is 24.7. The lowest BCUT2D eigenvalue weighted by Crippen LogP contribution is -2.33. The number of rotatable bonds is 7. The average molecular weight is 307 g/mol. The number of nitrogens with zero attached hydrogens (tertiary/aromatic N) is 1. The molecule has 0 fully saturated rings. The fraction of sp³-hybridized carbons (Fsp3) is 0.333. The van der Waals surface area contributed by atoms with E-state index in [4.69, 9.17) is 18.7 Å². The van der Waals surface area contributed by atoms with Gasteiger partial charge in [-0.05, 0) is 31.2 Å². The molecule has 118 valence electrons. The van der Waals surface area contributed by atoms with Crippen LogP contribution in [-0.4, -0.2) is 42.1 Å². The molecule has 0 aliphatic rings. The van der Waals surface area contributed by atoms with Crippen LogP contribution in [0.1, 0.15) is 32.6 Å². The smallest absolute Gasteiger partial charge is 0.371 e. The quantitative estimate of drug-likeness (QED) is 0.842. The van der Waals surface area contributed by atoms with Crippen LogP contribution in [0.5, 0.6) is 0 Å². The van der Waals surface area contributed by atoms with Crippen molar-refractivity contribution in [2.75, 3.05) is 20.3 Å². The summed E-state index contributed by atoms with van der Waals surface area (Å²) < 4.78 is 15.5. The van der Waals surface area contributed by atoms with Crippen LogP contribution in [0.15, 0.2) is 33.1 Å². The van der Waals surface area contributed by atoms with E-state index in [1.54, 1.807) is 6.07 Å². The zero-order chi connectivity index (χ0) is 16.1. The van der Waals surface area contributed by atoms with Gasteiger partial charge in [-0.3, -0.25) is 4.79 Å². The Morgan fingerprint density at radius 2 is 1.91 bits per heavy atom. The first kappa shape index (κ1) is 15.8. The lowest BCUT2D eigenvalue weighted by Gasteiger charge is -2.20. The Morgan fingerprint density at radius 3 is 2.45 bits per heavy atom. The molecule has 1 amide bonds. The van der Waals surface area contributed by atoms with E-state index in [0.29, 0.717) is 18.9 Å². The van der Waals surface area contributed by atoms with Gasteiger partial charge in [0.15, 0.2) is 5.76 Å². The van der Waals surface area contributed by atoms with E-state index in [2.05, 4.69) is 0 Å². The van der Waals surface area contributed by atoms with Crippen molar-refractivity contribution < 1.29 is 28.3 Å². The van der Waals surface area contributed by atoms with Gasteiger partial charge in [-0.25, -0.2) is 4.79 Å². The summed E-state index contributed by atoms with van der Waals surface area (Å²) in [5.74, 6) is -0.560. The van der Waals surface area contributed by atoms with Gasteiger partial charge in [-0.1, -0.05) is 0 Å². The molecule has 7 nitrogen and oxygen atoms in total. The summed E-state index contributed by atoms with van der Waals surface area (Å²) >= 11 is 0. The topological polar surface area (TPSA) is 93.1 Å². The Balaban J connectivity index is 2.15. The highest BCUT2D eigenvalue weighted by Gasteiger charge is 2.22. The van der Waals surface area contributed by atoms with Crippen LogP contribution in [0.4, 0.5) is 0 Å². The predicted octanol–water partition coefficient (Wildman–Crippen LogP) is 2.17. The number of furan rings is 2. The fourth-order valence-corrected chi connectivity index (χ4v) is 1.94. The SMILES string of the molecule is COCCN(Cc1ccc(C)o1)C(=O)c1ccc(C(=O)O)o1. The molecule has 2 aromatic rings. The molecule has 22 heavy (non-hydrogen) atoms. The van der Waals surface area contributed by atoms with Crippen molar-refractivity contribution in [1.29, 1.82) is 0 Å². The maximum atomic E-state index is 12.4. The van der Waals surface area contributed by atoms with Crippen molar-refractivity contribution in [3.05, 3.63) is 47.3 Å². The highest BCUT2D eigenvalue weighted by molar-refractivity contribution is 5.93. The number of hydrogen-bond donors (Lipinski definition) is 1. The molecule has 0 saturated carbocycles. The average Bonchev–Trinajstić information content (AvgIpc) is 3.11. The van der Waals surface area contributed by atoms with E-state index in [0.717, 1.165) is 5.76 Å². The van der Waals surface area contributed by atoms with Gasteiger partial charge in [0.1, 0.15) is 11.5 Å². The highest BCUT2D eigenvalue weighted by Crippen LogP contribution is 2.15. The van der Waals surface area contributed by atoms with E-state index < -0.39 is 11.9 Å².